The molecule has 32 heavy (non-hydrogen) atoms. The fourth-order valence-corrected chi connectivity index (χ4v) is 4.06. The Balaban J connectivity index is 1.78. The van der Waals surface area contributed by atoms with Gasteiger partial charge in [0.15, 0.2) is 6.61 Å². The molecule has 0 saturated heterocycles. The van der Waals surface area contributed by atoms with Gasteiger partial charge in [-0.3, -0.25) is 9.59 Å². The van der Waals surface area contributed by atoms with E-state index in [9.17, 15) is 9.59 Å². The van der Waals surface area contributed by atoms with E-state index in [1.807, 2.05) is 62.4 Å². The van der Waals surface area contributed by atoms with Crippen LogP contribution in [-0.4, -0.2) is 35.4 Å². The van der Waals surface area contributed by atoms with Crippen LogP contribution < -0.4 is 10.1 Å². The highest BCUT2D eigenvalue weighted by Crippen LogP contribution is 2.33. The highest BCUT2D eigenvalue weighted by molar-refractivity contribution is 9.10. The summed E-state index contributed by atoms with van der Waals surface area (Å²) in [6, 6.07) is 18.2. The number of rotatable bonds is 8. The molecule has 3 aromatic carbocycles. The molecule has 2 amide bonds. The van der Waals surface area contributed by atoms with Crippen molar-refractivity contribution < 1.29 is 14.3 Å². The number of hydrogen-bond donors (Lipinski definition) is 1. The molecule has 0 heterocycles. The summed E-state index contributed by atoms with van der Waals surface area (Å²) < 4.78 is 6.65. The van der Waals surface area contributed by atoms with Gasteiger partial charge >= 0.3 is 0 Å². The topological polar surface area (TPSA) is 58.6 Å². The molecule has 1 unspecified atom stereocenters. The summed E-state index contributed by atoms with van der Waals surface area (Å²) in [4.78, 5) is 27.3. The SMILES string of the molecule is CC(C)NC(=O)C(C)N(Cc1ccc(Cl)cc1)C(=O)COc1ccc2ccccc2c1Br. The van der Waals surface area contributed by atoms with Crippen LogP contribution in [0.25, 0.3) is 10.8 Å². The fourth-order valence-electron chi connectivity index (χ4n) is 3.32. The van der Waals surface area contributed by atoms with Crippen molar-refractivity contribution in [2.24, 2.45) is 0 Å². The molecule has 7 heteroatoms. The second-order valence-electron chi connectivity index (χ2n) is 7.87. The Morgan fingerprint density at radius 2 is 1.72 bits per heavy atom. The second-order valence-corrected chi connectivity index (χ2v) is 9.10. The number of nitrogens with one attached hydrogen (secondary N) is 1. The number of carbonyl (C=O) groups is 2. The normalized spacial score (nSPS) is 11.9. The zero-order valence-electron chi connectivity index (χ0n) is 18.3. The molecule has 0 aromatic heterocycles. The van der Waals surface area contributed by atoms with E-state index >= 15 is 0 Å². The first-order valence-corrected chi connectivity index (χ1v) is 11.6. The van der Waals surface area contributed by atoms with E-state index < -0.39 is 6.04 Å². The van der Waals surface area contributed by atoms with Crippen LogP contribution in [0.4, 0.5) is 0 Å². The fraction of sp³-hybridized carbons (Fsp3) is 0.280. The van der Waals surface area contributed by atoms with Gasteiger partial charge in [-0.05, 0) is 71.2 Å². The first-order chi connectivity index (χ1) is 15.3. The number of amides is 2. The molecular weight excluding hydrogens is 492 g/mol. The maximum absolute atomic E-state index is 13.2. The van der Waals surface area contributed by atoms with Gasteiger partial charge < -0.3 is 15.0 Å². The minimum atomic E-state index is -0.663. The highest BCUT2D eigenvalue weighted by Gasteiger charge is 2.27. The third-order valence-electron chi connectivity index (χ3n) is 5.04. The zero-order valence-corrected chi connectivity index (χ0v) is 20.6. The zero-order chi connectivity index (χ0) is 23.3. The van der Waals surface area contributed by atoms with Crippen molar-refractivity contribution in [3.05, 3.63) is 75.7 Å². The molecule has 0 aliphatic carbocycles. The molecule has 168 valence electrons. The lowest BCUT2D eigenvalue weighted by atomic mass is 10.1. The number of carbonyl (C=O) groups excluding carboxylic acids is 2. The Labute approximate surface area is 201 Å². The van der Waals surface area contributed by atoms with Crippen molar-refractivity contribution >= 4 is 50.1 Å². The molecule has 3 rings (SSSR count). The maximum atomic E-state index is 13.2. The van der Waals surface area contributed by atoms with Crippen LogP contribution in [0.3, 0.4) is 0 Å². The van der Waals surface area contributed by atoms with Gasteiger partial charge in [-0.2, -0.15) is 0 Å². The lowest BCUT2D eigenvalue weighted by molar-refractivity contribution is -0.142. The summed E-state index contributed by atoms with van der Waals surface area (Å²) >= 11 is 9.57. The molecule has 0 bridgehead atoms. The van der Waals surface area contributed by atoms with Crippen molar-refractivity contribution in [1.82, 2.24) is 10.2 Å². The Morgan fingerprint density at radius 3 is 2.41 bits per heavy atom. The summed E-state index contributed by atoms with van der Waals surface area (Å²) in [6.45, 7) is 5.57. The van der Waals surface area contributed by atoms with E-state index in [0.29, 0.717) is 10.8 Å². The average Bonchev–Trinajstić information content (AvgIpc) is 2.77. The van der Waals surface area contributed by atoms with E-state index in [4.69, 9.17) is 16.3 Å². The summed E-state index contributed by atoms with van der Waals surface area (Å²) in [7, 11) is 0. The predicted molar refractivity (Wildman–Crippen MR) is 132 cm³/mol. The lowest BCUT2D eigenvalue weighted by Crippen LogP contribution is -2.50. The van der Waals surface area contributed by atoms with Gasteiger partial charge in [-0.25, -0.2) is 0 Å². The van der Waals surface area contributed by atoms with Crippen LogP contribution in [0.5, 0.6) is 5.75 Å². The van der Waals surface area contributed by atoms with E-state index in [0.717, 1.165) is 20.8 Å². The van der Waals surface area contributed by atoms with Crippen LogP contribution in [0.2, 0.25) is 5.02 Å². The highest BCUT2D eigenvalue weighted by atomic mass is 79.9. The smallest absolute Gasteiger partial charge is 0.261 e. The molecule has 0 saturated carbocycles. The van der Waals surface area contributed by atoms with Crippen molar-refractivity contribution in [2.75, 3.05) is 6.61 Å². The van der Waals surface area contributed by atoms with Gasteiger partial charge in [-0.15, -0.1) is 0 Å². The number of hydrogen-bond acceptors (Lipinski definition) is 3. The summed E-state index contributed by atoms with van der Waals surface area (Å²) in [6.07, 6.45) is 0. The summed E-state index contributed by atoms with van der Waals surface area (Å²) in [5, 5.41) is 5.56. The maximum Gasteiger partial charge on any atom is 0.261 e. The van der Waals surface area contributed by atoms with E-state index in [-0.39, 0.29) is 31.0 Å². The lowest BCUT2D eigenvalue weighted by Gasteiger charge is -2.29. The molecule has 5 nitrogen and oxygen atoms in total. The van der Waals surface area contributed by atoms with Gasteiger partial charge in [0.25, 0.3) is 5.91 Å². The number of fused-ring (bicyclic) bond motifs is 1. The van der Waals surface area contributed by atoms with Crippen molar-refractivity contribution in [1.29, 1.82) is 0 Å². The Morgan fingerprint density at radius 1 is 1.03 bits per heavy atom. The minimum Gasteiger partial charge on any atom is -0.483 e. The minimum absolute atomic E-state index is 0.0257. The largest absolute Gasteiger partial charge is 0.483 e. The van der Waals surface area contributed by atoms with Crippen LogP contribution in [0.15, 0.2) is 65.1 Å². The standard InChI is InChI=1S/C25H26BrClN2O3/c1-16(2)28-25(31)17(3)29(14-18-8-11-20(27)12-9-18)23(30)15-32-22-13-10-19-6-4-5-7-21(19)24(22)26/h4-13,16-17H,14-15H2,1-3H3,(H,28,31). The third kappa shape index (κ3) is 6.02. The Hall–Kier alpha value is -2.57. The Bertz CT molecular complexity index is 1100. The molecule has 0 radical (unpaired) electrons. The van der Waals surface area contributed by atoms with Crippen LogP contribution in [0.1, 0.15) is 26.3 Å². The molecule has 1 atom stereocenters. The molecule has 1 N–H and O–H groups in total. The quantitative estimate of drug-likeness (QED) is 0.425. The molecule has 3 aromatic rings. The van der Waals surface area contributed by atoms with Gasteiger partial charge in [0.2, 0.25) is 5.91 Å². The van der Waals surface area contributed by atoms with Crippen LogP contribution in [0, 0.1) is 0 Å². The van der Waals surface area contributed by atoms with Gasteiger partial charge in [0.05, 0.1) is 4.47 Å². The number of nitrogens with zero attached hydrogens (tertiary/aromatic N) is 1. The van der Waals surface area contributed by atoms with Crippen molar-refractivity contribution in [3.8, 4) is 5.75 Å². The predicted octanol–water partition coefficient (Wildman–Crippen LogP) is 5.58. The summed E-state index contributed by atoms with van der Waals surface area (Å²) in [5.41, 5.74) is 0.874. The average molecular weight is 518 g/mol. The van der Waals surface area contributed by atoms with Crippen molar-refractivity contribution in [3.63, 3.8) is 0 Å². The number of ether oxygens (including phenoxy) is 1. The van der Waals surface area contributed by atoms with E-state index in [1.165, 1.54) is 4.90 Å². The molecular formula is C25H26BrClN2O3. The van der Waals surface area contributed by atoms with Gasteiger partial charge in [0.1, 0.15) is 11.8 Å². The van der Waals surface area contributed by atoms with Crippen molar-refractivity contribution in [2.45, 2.75) is 39.4 Å². The van der Waals surface area contributed by atoms with E-state index in [2.05, 4.69) is 21.2 Å². The van der Waals surface area contributed by atoms with Gasteiger partial charge in [-0.1, -0.05) is 54.1 Å². The molecule has 0 aliphatic rings. The van der Waals surface area contributed by atoms with Crippen LogP contribution in [-0.2, 0) is 16.1 Å². The third-order valence-corrected chi connectivity index (χ3v) is 6.11. The molecule has 0 aliphatic heterocycles. The molecule has 0 fully saturated rings. The first kappa shape index (κ1) is 24.1. The number of benzene rings is 3. The summed E-state index contributed by atoms with van der Waals surface area (Å²) in [5.74, 6) is 0.0726. The Kier molecular flexibility index (Phi) is 8.15. The second kappa shape index (κ2) is 10.8. The monoisotopic (exact) mass is 516 g/mol. The van der Waals surface area contributed by atoms with Gasteiger partial charge in [0, 0.05) is 17.6 Å². The van der Waals surface area contributed by atoms with Crippen LogP contribution >= 0.6 is 27.5 Å². The van der Waals surface area contributed by atoms with E-state index in [1.54, 1.807) is 19.1 Å². The first-order valence-electron chi connectivity index (χ1n) is 10.4. The number of halogens is 2. The molecule has 0 spiro atoms.